The number of thiophene rings is 1. The van der Waals surface area contributed by atoms with Gasteiger partial charge >= 0.3 is 0 Å². The normalized spacial score (nSPS) is 10.7. The zero-order valence-electron chi connectivity index (χ0n) is 19.4. The zero-order valence-corrected chi connectivity index (χ0v) is 20.3. The first-order valence-electron chi connectivity index (χ1n) is 10.9. The molecular weight excluding hydrogens is 446 g/mol. The van der Waals surface area contributed by atoms with Crippen LogP contribution >= 0.6 is 11.3 Å². The lowest BCUT2D eigenvalue weighted by atomic mass is 10.1. The van der Waals surface area contributed by atoms with Crippen molar-refractivity contribution < 1.29 is 14.0 Å². The summed E-state index contributed by atoms with van der Waals surface area (Å²) in [7, 11) is 3.92. The number of benzene rings is 2. The molecule has 4 aromatic rings. The summed E-state index contributed by atoms with van der Waals surface area (Å²) in [5, 5.41) is 4.84. The molecule has 0 saturated heterocycles. The molecule has 2 aromatic carbocycles. The van der Waals surface area contributed by atoms with Crippen molar-refractivity contribution in [3.63, 3.8) is 0 Å². The highest BCUT2D eigenvalue weighted by Gasteiger charge is 2.20. The molecule has 0 saturated carbocycles. The second-order valence-electron chi connectivity index (χ2n) is 8.28. The van der Waals surface area contributed by atoms with E-state index in [0.29, 0.717) is 35.0 Å². The van der Waals surface area contributed by atoms with E-state index in [0.717, 1.165) is 16.8 Å². The van der Waals surface area contributed by atoms with Crippen LogP contribution in [0.3, 0.4) is 0 Å². The second-order valence-corrected chi connectivity index (χ2v) is 9.23. The minimum Gasteiger partial charge on any atom is -0.467 e. The first-order valence-corrected chi connectivity index (χ1v) is 11.8. The van der Waals surface area contributed by atoms with Crippen molar-refractivity contribution >= 4 is 34.5 Å². The van der Waals surface area contributed by atoms with Gasteiger partial charge in [0, 0.05) is 37.6 Å². The summed E-state index contributed by atoms with van der Waals surface area (Å²) >= 11 is 1.39. The Morgan fingerprint density at radius 1 is 0.971 bits per heavy atom. The molecule has 2 aromatic heterocycles. The number of hydrogen-bond donors (Lipinski definition) is 1. The number of hydrogen-bond acceptors (Lipinski definition) is 5. The van der Waals surface area contributed by atoms with Gasteiger partial charge in [-0.3, -0.25) is 9.59 Å². The van der Waals surface area contributed by atoms with Gasteiger partial charge in [0.2, 0.25) is 0 Å². The number of carbonyl (C=O) groups excluding carboxylic acids is 2. The highest BCUT2D eigenvalue weighted by molar-refractivity contribution is 7.12. The molecule has 2 amide bonds. The van der Waals surface area contributed by atoms with Crippen LogP contribution in [-0.2, 0) is 13.1 Å². The molecular formula is C27H27N3O3S. The molecule has 0 radical (unpaired) electrons. The molecule has 0 spiro atoms. The lowest BCUT2D eigenvalue weighted by Gasteiger charge is -2.26. The largest absolute Gasteiger partial charge is 0.467 e. The molecule has 0 atom stereocenters. The van der Waals surface area contributed by atoms with Gasteiger partial charge in [0.05, 0.1) is 17.7 Å². The molecule has 7 heteroatoms. The van der Waals surface area contributed by atoms with Gasteiger partial charge in [0.25, 0.3) is 11.8 Å². The maximum Gasteiger partial charge on any atom is 0.265 e. The molecule has 0 aliphatic heterocycles. The van der Waals surface area contributed by atoms with E-state index in [9.17, 15) is 9.59 Å². The van der Waals surface area contributed by atoms with E-state index in [2.05, 4.69) is 5.32 Å². The van der Waals surface area contributed by atoms with Crippen molar-refractivity contribution in [3.05, 3.63) is 106 Å². The van der Waals surface area contributed by atoms with E-state index in [1.54, 1.807) is 17.2 Å². The highest BCUT2D eigenvalue weighted by Crippen LogP contribution is 2.27. The number of rotatable bonds is 8. The number of nitrogens with one attached hydrogen (secondary N) is 1. The Labute approximate surface area is 203 Å². The molecule has 1 N–H and O–H groups in total. The predicted octanol–water partition coefficient (Wildman–Crippen LogP) is 5.81. The molecule has 0 fully saturated rings. The smallest absolute Gasteiger partial charge is 0.265 e. The Hall–Kier alpha value is -3.84. The van der Waals surface area contributed by atoms with Crippen LogP contribution in [-0.4, -0.2) is 30.8 Å². The Morgan fingerprint density at radius 3 is 2.50 bits per heavy atom. The first kappa shape index (κ1) is 23.3. The molecule has 0 bridgehead atoms. The van der Waals surface area contributed by atoms with E-state index in [1.165, 1.54) is 11.3 Å². The molecule has 0 unspecified atom stereocenters. The predicted molar refractivity (Wildman–Crippen MR) is 137 cm³/mol. The van der Waals surface area contributed by atoms with Crippen molar-refractivity contribution in [3.8, 4) is 0 Å². The molecule has 34 heavy (non-hydrogen) atoms. The van der Waals surface area contributed by atoms with Crippen LogP contribution in [0.25, 0.3) is 0 Å². The third kappa shape index (κ3) is 5.55. The Bertz CT molecular complexity index is 1260. The van der Waals surface area contributed by atoms with E-state index in [-0.39, 0.29) is 11.8 Å². The Kier molecular flexibility index (Phi) is 7.13. The van der Waals surface area contributed by atoms with Crippen molar-refractivity contribution in [1.29, 1.82) is 0 Å². The summed E-state index contributed by atoms with van der Waals surface area (Å²) in [5.41, 5.74) is 4.22. The summed E-state index contributed by atoms with van der Waals surface area (Å²) in [6.07, 6.45) is 1.61. The summed E-state index contributed by atoms with van der Waals surface area (Å²) in [6, 6.07) is 20.7. The minimum absolute atomic E-state index is 0.0853. The van der Waals surface area contributed by atoms with Gasteiger partial charge in [-0.1, -0.05) is 23.8 Å². The summed E-state index contributed by atoms with van der Waals surface area (Å²) in [6.45, 7) is 2.65. The average Bonchev–Trinajstić information content (AvgIpc) is 3.53. The minimum atomic E-state index is -0.151. The molecule has 174 valence electrons. The lowest BCUT2D eigenvalue weighted by molar-refractivity contribution is 0.0717. The van der Waals surface area contributed by atoms with Gasteiger partial charge in [-0.15, -0.1) is 11.3 Å². The fourth-order valence-electron chi connectivity index (χ4n) is 3.78. The third-order valence-corrected chi connectivity index (χ3v) is 6.27. The van der Waals surface area contributed by atoms with Crippen molar-refractivity contribution in [2.24, 2.45) is 0 Å². The SMILES string of the molecule is Cc1cccc(C(=O)N(Cc2ccco2)Cc2cc(NC(=O)c3cccs3)ccc2N(C)C)c1. The quantitative estimate of drug-likeness (QED) is 0.351. The van der Waals surface area contributed by atoms with Gasteiger partial charge in [0.1, 0.15) is 5.76 Å². The standard InChI is InChI=1S/C27H27N3O3S/c1-19-7-4-8-20(15-19)27(32)30(18-23-9-5-13-33-23)17-21-16-22(11-12-24(21)29(2)3)28-26(31)25-10-6-14-34-25/h4-16H,17-18H2,1-3H3,(H,28,31). The van der Waals surface area contributed by atoms with Gasteiger partial charge < -0.3 is 19.5 Å². The van der Waals surface area contributed by atoms with Crippen LogP contribution < -0.4 is 10.2 Å². The van der Waals surface area contributed by atoms with Crippen molar-refractivity contribution in [2.75, 3.05) is 24.3 Å². The molecule has 4 rings (SSSR count). The van der Waals surface area contributed by atoms with Crippen LogP contribution in [0, 0.1) is 6.92 Å². The Balaban J connectivity index is 1.65. The van der Waals surface area contributed by atoms with Crippen molar-refractivity contribution in [2.45, 2.75) is 20.0 Å². The van der Waals surface area contributed by atoms with E-state index < -0.39 is 0 Å². The fourth-order valence-corrected chi connectivity index (χ4v) is 4.40. The second kappa shape index (κ2) is 10.4. The number of nitrogens with zero attached hydrogens (tertiary/aromatic N) is 2. The summed E-state index contributed by atoms with van der Waals surface area (Å²) in [5.74, 6) is 0.467. The van der Waals surface area contributed by atoms with Gasteiger partial charge in [-0.05, 0) is 66.4 Å². The van der Waals surface area contributed by atoms with Crippen molar-refractivity contribution in [1.82, 2.24) is 4.90 Å². The average molecular weight is 474 g/mol. The number of carbonyl (C=O) groups is 2. The molecule has 2 heterocycles. The monoisotopic (exact) mass is 473 g/mol. The maximum atomic E-state index is 13.5. The number of amides is 2. The molecule has 0 aliphatic rings. The van der Waals surface area contributed by atoms with E-state index in [1.807, 2.05) is 92.0 Å². The van der Waals surface area contributed by atoms with Gasteiger partial charge in [-0.2, -0.15) is 0 Å². The zero-order chi connectivity index (χ0) is 24.1. The number of furan rings is 1. The lowest BCUT2D eigenvalue weighted by Crippen LogP contribution is -2.31. The summed E-state index contributed by atoms with van der Waals surface area (Å²) < 4.78 is 5.55. The highest BCUT2D eigenvalue weighted by atomic mass is 32.1. The van der Waals surface area contributed by atoms with Crippen LogP contribution in [0.1, 0.15) is 36.9 Å². The van der Waals surface area contributed by atoms with E-state index in [4.69, 9.17) is 4.42 Å². The third-order valence-electron chi connectivity index (χ3n) is 5.40. The first-order chi connectivity index (χ1) is 16.4. The van der Waals surface area contributed by atoms with Crippen LogP contribution in [0.15, 0.2) is 82.8 Å². The van der Waals surface area contributed by atoms with E-state index >= 15 is 0 Å². The van der Waals surface area contributed by atoms with Crippen LogP contribution in [0.4, 0.5) is 11.4 Å². The molecule has 6 nitrogen and oxygen atoms in total. The maximum absolute atomic E-state index is 13.5. The molecule has 0 aliphatic carbocycles. The number of aryl methyl sites for hydroxylation is 1. The number of anilines is 2. The van der Waals surface area contributed by atoms with Gasteiger partial charge in [0.15, 0.2) is 0 Å². The Morgan fingerprint density at radius 2 is 1.82 bits per heavy atom. The van der Waals surface area contributed by atoms with Crippen LogP contribution in [0.5, 0.6) is 0 Å². The fraction of sp³-hybridized carbons (Fsp3) is 0.185. The summed E-state index contributed by atoms with van der Waals surface area (Å²) in [4.78, 5) is 30.5. The topological polar surface area (TPSA) is 65.8 Å². The van der Waals surface area contributed by atoms with Gasteiger partial charge in [-0.25, -0.2) is 0 Å². The van der Waals surface area contributed by atoms with Crippen LogP contribution in [0.2, 0.25) is 0 Å².